The average molecular weight is 375 g/mol. The van der Waals surface area contributed by atoms with Crippen molar-refractivity contribution in [2.24, 2.45) is 5.41 Å². The van der Waals surface area contributed by atoms with Crippen LogP contribution in [-0.4, -0.2) is 5.38 Å². The molecule has 0 aliphatic heterocycles. The lowest BCUT2D eigenvalue weighted by atomic mass is 9.77. The molecule has 0 N–H and O–H groups in total. The molecule has 0 saturated carbocycles. The van der Waals surface area contributed by atoms with Gasteiger partial charge in [0, 0.05) is 5.56 Å². The molecule has 2 aromatic carbocycles. The van der Waals surface area contributed by atoms with E-state index in [1.54, 1.807) is 0 Å². The summed E-state index contributed by atoms with van der Waals surface area (Å²) in [6, 6.07) is 19.0. The normalized spacial score (nSPS) is 21.3. The van der Waals surface area contributed by atoms with E-state index in [-0.39, 0.29) is 10.8 Å². The lowest BCUT2D eigenvalue weighted by Gasteiger charge is -2.30. The minimum atomic E-state index is -0.319. The summed E-state index contributed by atoms with van der Waals surface area (Å²) in [5, 5.41) is -0.140. The Kier molecular flexibility index (Phi) is 6.59. The topological polar surface area (TPSA) is 0 Å². The van der Waals surface area contributed by atoms with Crippen LogP contribution in [0.3, 0.4) is 0 Å². The maximum atomic E-state index is 6.80. The van der Waals surface area contributed by atoms with Crippen LogP contribution in [0.2, 0.25) is 0 Å². The molecule has 1 heteroatoms. The molecule has 0 fully saturated rings. The Hall–Kier alpha value is -2.23. The third-order valence-electron chi connectivity index (χ3n) is 5.28. The number of alkyl halides is 1. The van der Waals surface area contributed by atoms with Crippen molar-refractivity contribution in [2.45, 2.75) is 44.9 Å². The Bertz CT molecular complexity index is 862. The molecule has 1 aliphatic rings. The van der Waals surface area contributed by atoms with E-state index in [1.165, 1.54) is 29.5 Å². The maximum absolute atomic E-state index is 6.80. The first-order valence-electron chi connectivity index (χ1n) is 9.89. The van der Waals surface area contributed by atoms with Crippen LogP contribution in [0.4, 0.5) is 0 Å². The predicted molar refractivity (Wildman–Crippen MR) is 118 cm³/mol. The van der Waals surface area contributed by atoms with Crippen molar-refractivity contribution >= 4 is 17.2 Å². The first-order chi connectivity index (χ1) is 13.2. The van der Waals surface area contributed by atoms with Gasteiger partial charge in [-0.25, -0.2) is 0 Å². The largest absolute Gasteiger partial charge is 0.116 e. The van der Waals surface area contributed by atoms with Crippen molar-refractivity contribution < 1.29 is 0 Å². The summed E-state index contributed by atoms with van der Waals surface area (Å²) < 4.78 is 0. The molecule has 1 aliphatic carbocycles. The van der Waals surface area contributed by atoms with Gasteiger partial charge in [-0.05, 0) is 48.1 Å². The first-order valence-corrected chi connectivity index (χ1v) is 10.3. The summed E-state index contributed by atoms with van der Waals surface area (Å²) in [7, 11) is 0. The summed E-state index contributed by atoms with van der Waals surface area (Å²) in [4.78, 5) is 0. The Balaban J connectivity index is 1.79. The number of benzene rings is 2. The second kappa shape index (κ2) is 9.12. The Morgan fingerprint density at radius 2 is 1.74 bits per heavy atom. The minimum absolute atomic E-state index is 0.140. The molecule has 0 saturated heterocycles. The van der Waals surface area contributed by atoms with Crippen LogP contribution in [0.25, 0.3) is 5.57 Å². The summed E-state index contributed by atoms with van der Waals surface area (Å²) in [5.74, 6) is 6.83. The highest BCUT2D eigenvalue weighted by Crippen LogP contribution is 2.39. The zero-order valence-corrected chi connectivity index (χ0v) is 17.0. The number of halogens is 1. The molecule has 0 heterocycles. The van der Waals surface area contributed by atoms with Gasteiger partial charge in [0.05, 0.1) is 10.8 Å². The molecule has 2 aromatic rings. The summed E-state index contributed by atoms with van der Waals surface area (Å²) in [5.41, 5.74) is 4.48. The van der Waals surface area contributed by atoms with Gasteiger partial charge in [-0.2, -0.15) is 0 Å². The van der Waals surface area contributed by atoms with E-state index in [9.17, 15) is 0 Å². The van der Waals surface area contributed by atoms with Crippen LogP contribution in [0.15, 0.2) is 72.8 Å². The van der Waals surface area contributed by atoms with Gasteiger partial charge in [0.15, 0.2) is 0 Å². The number of allylic oxidation sites excluding steroid dienone is 4. The van der Waals surface area contributed by atoms with Crippen LogP contribution in [0, 0.1) is 17.3 Å². The number of hydrogen-bond acceptors (Lipinski definition) is 0. The minimum Gasteiger partial charge on any atom is -0.116 e. The highest BCUT2D eigenvalue weighted by molar-refractivity contribution is 6.23. The lowest BCUT2D eigenvalue weighted by Crippen LogP contribution is -2.28. The quantitative estimate of drug-likeness (QED) is 0.389. The third-order valence-corrected chi connectivity index (χ3v) is 5.80. The SMILES string of the molecule is CCCCc1ccc(C#CC2(CC)C=CC(c3ccccc3)=CC2Cl)cc1. The fourth-order valence-electron chi connectivity index (χ4n) is 3.35. The van der Waals surface area contributed by atoms with Crippen molar-refractivity contribution in [3.63, 3.8) is 0 Å². The van der Waals surface area contributed by atoms with Gasteiger partial charge in [0.25, 0.3) is 0 Å². The molecule has 3 rings (SSSR count). The van der Waals surface area contributed by atoms with Gasteiger partial charge in [0.2, 0.25) is 0 Å². The monoisotopic (exact) mass is 374 g/mol. The van der Waals surface area contributed by atoms with Crippen LogP contribution in [0.5, 0.6) is 0 Å². The second-order valence-electron chi connectivity index (χ2n) is 7.17. The van der Waals surface area contributed by atoms with Crippen molar-refractivity contribution in [1.29, 1.82) is 0 Å². The van der Waals surface area contributed by atoms with Crippen molar-refractivity contribution in [1.82, 2.24) is 0 Å². The maximum Gasteiger partial charge on any atom is 0.0726 e. The van der Waals surface area contributed by atoms with Crippen molar-refractivity contribution in [3.8, 4) is 11.8 Å². The van der Waals surface area contributed by atoms with E-state index in [4.69, 9.17) is 11.6 Å². The van der Waals surface area contributed by atoms with Crippen LogP contribution < -0.4 is 0 Å². The van der Waals surface area contributed by atoms with Gasteiger partial charge in [-0.1, -0.05) is 92.8 Å². The number of hydrogen-bond donors (Lipinski definition) is 0. The standard InChI is InChI=1S/C26H27Cl/c1-3-5-9-21-12-14-22(15-13-21)16-18-26(4-2)19-17-24(20-25(26)27)23-10-7-6-8-11-23/h6-8,10-15,17,19-20,25H,3-5,9H2,1-2H3. The molecule has 0 radical (unpaired) electrons. The lowest BCUT2D eigenvalue weighted by molar-refractivity contribution is 0.506. The zero-order chi connectivity index (χ0) is 19.1. The van der Waals surface area contributed by atoms with E-state index >= 15 is 0 Å². The molecule has 0 nitrogen and oxygen atoms in total. The average Bonchev–Trinajstić information content (AvgIpc) is 2.73. The number of aryl methyl sites for hydroxylation is 1. The van der Waals surface area contributed by atoms with Gasteiger partial charge < -0.3 is 0 Å². The van der Waals surface area contributed by atoms with Gasteiger partial charge in [-0.3, -0.25) is 0 Å². The fraction of sp³-hybridized carbons (Fsp3) is 0.308. The van der Waals surface area contributed by atoms with E-state index in [0.717, 1.165) is 18.4 Å². The molecular formula is C26H27Cl. The molecular weight excluding hydrogens is 348 g/mol. The molecule has 0 spiro atoms. The number of unbranched alkanes of at least 4 members (excludes halogenated alkanes) is 1. The summed E-state index contributed by atoms with van der Waals surface area (Å²) >= 11 is 6.80. The van der Waals surface area contributed by atoms with Crippen molar-refractivity contribution in [2.75, 3.05) is 0 Å². The van der Waals surface area contributed by atoms with Gasteiger partial charge in [-0.15, -0.1) is 11.6 Å². The van der Waals surface area contributed by atoms with E-state index in [1.807, 2.05) is 6.07 Å². The molecule has 0 aromatic heterocycles. The molecule has 0 bridgehead atoms. The highest BCUT2D eigenvalue weighted by atomic mass is 35.5. The molecule has 138 valence electrons. The van der Waals surface area contributed by atoms with E-state index in [0.29, 0.717) is 0 Å². The van der Waals surface area contributed by atoms with Crippen LogP contribution in [0.1, 0.15) is 49.8 Å². The zero-order valence-electron chi connectivity index (χ0n) is 16.2. The Morgan fingerprint density at radius 1 is 1.00 bits per heavy atom. The first kappa shape index (κ1) is 19.5. The summed E-state index contributed by atoms with van der Waals surface area (Å²) in [6.07, 6.45) is 11.0. The Morgan fingerprint density at radius 3 is 2.37 bits per heavy atom. The van der Waals surface area contributed by atoms with Gasteiger partial charge >= 0.3 is 0 Å². The smallest absolute Gasteiger partial charge is 0.0726 e. The van der Waals surface area contributed by atoms with E-state index in [2.05, 4.69) is 92.4 Å². The fourth-order valence-corrected chi connectivity index (χ4v) is 3.77. The van der Waals surface area contributed by atoms with Crippen LogP contribution in [-0.2, 0) is 6.42 Å². The molecule has 2 atom stereocenters. The van der Waals surface area contributed by atoms with Crippen molar-refractivity contribution in [3.05, 3.63) is 89.5 Å². The van der Waals surface area contributed by atoms with Crippen LogP contribution >= 0.6 is 11.6 Å². The third kappa shape index (κ3) is 4.74. The molecule has 27 heavy (non-hydrogen) atoms. The molecule has 2 unspecified atom stereocenters. The van der Waals surface area contributed by atoms with E-state index < -0.39 is 0 Å². The highest BCUT2D eigenvalue weighted by Gasteiger charge is 2.33. The predicted octanol–water partition coefficient (Wildman–Crippen LogP) is 7.04. The van der Waals surface area contributed by atoms with Gasteiger partial charge in [0.1, 0.15) is 0 Å². The summed E-state index contributed by atoms with van der Waals surface area (Å²) in [6.45, 7) is 4.38. The number of rotatable bonds is 5. The second-order valence-corrected chi connectivity index (χ2v) is 7.64. The Labute approximate surface area is 169 Å². The molecule has 0 amide bonds.